The van der Waals surface area contributed by atoms with Gasteiger partial charge in [-0.1, -0.05) is 20.3 Å². The van der Waals surface area contributed by atoms with Crippen LogP contribution in [0.4, 0.5) is 5.82 Å². The Morgan fingerprint density at radius 1 is 1.44 bits per heavy atom. The zero-order valence-electron chi connectivity index (χ0n) is 9.77. The summed E-state index contributed by atoms with van der Waals surface area (Å²) in [5, 5.41) is 11.9. The van der Waals surface area contributed by atoms with E-state index < -0.39 is 5.97 Å². The molecule has 0 aliphatic heterocycles. The predicted octanol–water partition coefficient (Wildman–Crippen LogP) is 2.02. The Labute approximate surface area is 94.9 Å². The van der Waals surface area contributed by atoms with Crippen LogP contribution in [-0.4, -0.2) is 27.1 Å². The fourth-order valence-corrected chi connectivity index (χ4v) is 1.24. The van der Waals surface area contributed by atoms with E-state index in [9.17, 15) is 4.79 Å². The SMILES string of the molecule is CCC(C)C(C)Nc1cnc(C(=O)O)cn1. The average molecular weight is 223 g/mol. The number of hydrogen-bond donors (Lipinski definition) is 2. The first-order valence-corrected chi connectivity index (χ1v) is 5.36. The van der Waals surface area contributed by atoms with Gasteiger partial charge >= 0.3 is 5.97 Å². The lowest BCUT2D eigenvalue weighted by Crippen LogP contribution is -2.24. The normalized spacial score (nSPS) is 14.2. The van der Waals surface area contributed by atoms with Gasteiger partial charge in [0.2, 0.25) is 0 Å². The number of nitrogens with one attached hydrogen (secondary N) is 1. The van der Waals surface area contributed by atoms with Crippen molar-refractivity contribution in [3.8, 4) is 0 Å². The summed E-state index contributed by atoms with van der Waals surface area (Å²) in [4.78, 5) is 18.4. The molecule has 0 aromatic carbocycles. The second kappa shape index (κ2) is 5.44. The summed E-state index contributed by atoms with van der Waals surface area (Å²) in [6, 6.07) is 0.287. The number of carboxylic acid groups (broad SMARTS) is 1. The van der Waals surface area contributed by atoms with Crippen LogP contribution in [0.5, 0.6) is 0 Å². The lowest BCUT2D eigenvalue weighted by atomic mass is 10.0. The molecule has 5 heteroatoms. The monoisotopic (exact) mass is 223 g/mol. The third kappa shape index (κ3) is 3.18. The van der Waals surface area contributed by atoms with E-state index in [0.29, 0.717) is 11.7 Å². The number of aromatic carboxylic acids is 1. The molecule has 0 saturated carbocycles. The van der Waals surface area contributed by atoms with Gasteiger partial charge in [-0.25, -0.2) is 14.8 Å². The molecule has 0 fully saturated rings. The molecule has 2 N–H and O–H groups in total. The molecule has 0 radical (unpaired) electrons. The van der Waals surface area contributed by atoms with Crippen LogP contribution in [-0.2, 0) is 0 Å². The van der Waals surface area contributed by atoms with Crippen LogP contribution < -0.4 is 5.32 Å². The van der Waals surface area contributed by atoms with E-state index in [1.165, 1.54) is 12.4 Å². The number of nitrogens with zero attached hydrogens (tertiary/aromatic N) is 2. The molecular weight excluding hydrogens is 206 g/mol. The van der Waals surface area contributed by atoms with Crippen LogP contribution in [0.25, 0.3) is 0 Å². The highest BCUT2D eigenvalue weighted by Gasteiger charge is 2.11. The van der Waals surface area contributed by atoms with Gasteiger partial charge in [-0.05, 0) is 12.8 Å². The highest BCUT2D eigenvalue weighted by molar-refractivity contribution is 5.84. The van der Waals surface area contributed by atoms with Gasteiger partial charge in [0.1, 0.15) is 5.82 Å². The summed E-state index contributed by atoms with van der Waals surface area (Å²) in [5.41, 5.74) is -0.0401. The third-order valence-corrected chi connectivity index (χ3v) is 2.74. The Morgan fingerprint density at radius 2 is 2.12 bits per heavy atom. The van der Waals surface area contributed by atoms with E-state index in [1.54, 1.807) is 0 Å². The zero-order chi connectivity index (χ0) is 12.1. The van der Waals surface area contributed by atoms with Gasteiger partial charge in [0.05, 0.1) is 12.4 Å². The molecule has 0 bridgehead atoms. The Morgan fingerprint density at radius 3 is 2.56 bits per heavy atom. The molecule has 5 nitrogen and oxygen atoms in total. The van der Waals surface area contributed by atoms with Gasteiger partial charge in [-0.15, -0.1) is 0 Å². The minimum atomic E-state index is -1.06. The lowest BCUT2D eigenvalue weighted by molar-refractivity contribution is 0.0690. The summed E-state index contributed by atoms with van der Waals surface area (Å²) < 4.78 is 0. The molecule has 16 heavy (non-hydrogen) atoms. The fraction of sp³-hybridized carbons (Fsp3) is 0.545. The smallest absolute Gasteiger partial charge is 0.356 e. The molecule has 0 spiro atoms. The third-order valence-electron chi connectivity index (χ3n) is 2.74. The van der Waals surface area contributed by atoms with Crippen molar-refractivity contribution in [1.29, 1.82) is 0 Å². The molecule has 2 unspecified atom stereocenters. The Kier molecular flexibility index (Phi) is 4.22. The first-order chi connectivity index (χ1) is 7.54. The highest BCUT2D eigenvalue weighted by Crippen LogP contribution is 2.12. The summed E-state index contributed by atoms with van der Waals surface area (Å²) in [7, 11) is 0. The molecule has 0 amide bonds. The van der Waals surface area contributed by atoms with Crippen molar-refractivity contribution in [3.05, 3.63) is 18.1 Å². The topological polar surface area (TPSA) is 75.1 Å². The van der Waals surface area contributed by atoms with Gasteiger partial charge in [-0.3, -0.25) is 0 Å². The number of rotatable bonds is 5. The minimum Gasteiger partial charge on any atom is -0.476 e. The maximum atomic E-state index is 10.6. The van der Waals surface area contributed by atoms with Crippen LogP contribution in [0, 0.1) is 5.92 Å². The van der Waals surface area contributed by atoms with Crippen molar-refractivity contribution in [1.82, 2.24) is 9.97 Å². The van der Waals surface area contributed by atoms with Crippen LogP contribution >= 0.6 is 0 Å². The molecule has 1 heterocycles. The van der Waals surface area contributed by atoms with E-state index in [0.717, 1.165) is 6.42 Å². The van der Waals surface area contributed by atoms with Crippen LogP contribution in [0.1, 0.15) is 37.7 Å². The molecule has 1 aromatic rings. The van der Waals surface area contributed by atoms with Gasteiger partial charge in [-0.2, -0.15) is 0 Å². The van der Waals surface area contributed by atoms with E-state index in [1.807, 2.05) is 0 Å². The van der Waals surface area contributed by atoms with Gasteiger partial charge in [0.25, 0.3) is 0 Å². The first-order valence-electron chi connectivity index (χ1n) is 5.36. The highest BCUT2D eigenvalue weighted by atomic mass is 16.4. The summed E-state index contributed by atoms with van der Waals surface area (Å²) in [5.74, 6) is 0.0766. The van der Waals surface area contributed by atoms with Crippen molar-refractivity contribution in [2.45, 2.75) is 33.2 Å². The van der Waals surface area contributed by atoms with Crippen molar-refractivity contribution in [2.75, 3.05) is 5.32 Å². The van der Waals surface area contributed by atoms with E-state index in [4.69, 9.17) is 5.11 Å². The van der Waals surface area contributed by atoms with Crippen LogP contribution in [0.2, 0.25) is 0 Å². The summed E-state index contributed by atoms with van der Waals surface area (Å²) >= 11 is 0. The van der Waals surface area contributed by atoms with Gasteiger partial charge < -0.3 is 10.4 Å². The van der Waals surface area contributed by atoms with Crippen LogP contribution in [0.3, 0.4) is 0 Å². The zero-order valence-corrected chi connectivity index (χ0v) is 9.77. The Balaban J connectivity index is 2.65. The van der Waals surface area contributed by atoms with E-state index >= 15 is 0 Å². The van der Waals surface area contributed by atoms with Gasteiger partial charge in [0.15, 0.2) is 5.69 Å². The number of aromatic nitrogens is 2. The number of anilines is 1. The lowest BCUT2D eigenvalue weighted by Gasteiger charge is -2.20. The van der Waals surface area contributed by atoms with Crippen LogP contribution in [0.15, 0.2) is 12.4 Å². The second-order valence-corrected chi connectivity index (χ2v) is 3.91. The first kappa shape index (κ1) is 12.4. The van der Waals surface area contributed by atoms with E-state index in [-0.39, 0.29) is 11.7 Å². The maximum Gasteiger partial charge on any atom is 0.356 e. The summed E-state index contributed by atoms with van der Waals surface area (Å²) in [6.45, 7) is 6.35. The Hall–Kier alpha value is -1.65. The summed E-state index contributed by atoms with van der Waals surface area (Å²) in [6.07, 6.45) is 3.78. The predicted molar refractivity (Wildman–Crippen MR) is 61.5 cm³/mol. The van der Waals surface area contributed by atoms with Crippen molar-refractivity contribution < 1.29 is 9.90 Å². The quantitative estimate of drug-likeness (QED) is 0.798. The molecule has 0 saturated heterocycles. The van der Waals surface area contributed by atoms with Crippen molar-refractivity contribution in [2.24, 2.45) is 5.92 Å². The molecule has 0 aliphatic carbocycles. The Bertz CT molecular complexity index is 351. The molecular formula is C11H17N3O2. The van der Waals surface area contributed by atoms with E-state index in [2.05, 4.69) is 36.1 Å². The standard InChI is InChI=1S/C11H17N3O2/c1-4-7(2)8(3)14-10-6-12-9(5-13-10)11(15)16/h5-8H,4H2,1-3H3,(H,13,14)(H,15,16). The number of carbonyl (C=O) groups is 1. The fourth-order valence-electron chi connectivity index (χ4n) is 1.24. The molecule has 2 atom stereocenters. The van der Waals surface area contributed by atoms with Gasteiger partial charge in [0, 0.05) is 6.04 Å². The second-order valence-electron chi connectivity index (χ2n) is 3.91. The average Bonchev–Trinajstić information content (AvgIpc) is 2.28. The maximum absolute atomic E-state index is 10.6. The molecule has 1 rings (SSSR count). The molecule has 88 valence electrons. The number of hydrogen-bond acceptors (Lipinski definition) is 4. The largest absolute Gasteiger partial charge is 0.476 e. The number of carboxylic acids is 1. The van der Waals surface area contributed by atoms with Crippen molar-refractivity contribution in [3.63, 3.8) is 0 Å². The molecule has 0 aliphatic rings. The molecule has 1 aromatic heterocycles. The van der Waals surface area contributed by atoms with Crippen molar-refractivity contribution >= 4 is 11.8 Å². The minimum absolute atomic E-state index is 0.0401.